The maximum atomic E-state index is 12.9. The predicted molar refractivity (Wildman–Crippen MR) is 99.7 cm³/mol. The van der Waals surface area contributed by atoms with Crippen molar-refractivity contribution in [2.75, 3.05) is 31.1 Å². The van der Waals surface area contributed by atoms with E-state index in [0.29, 0.717) is 0 Å². The molecule has 0 aromatic heterocycles. The Balaban J connectivity index is 1.66. The van der Waals surface area contributed by atoms with Crippen LogP contribution >= 0.6 is 11.6 Å². The number of rotatable bonds is 4. The zero-order chi connectivity index (χ0) is 16.9. The molecule has 0 bridgehead atoms. The summed E-state index contributed by atoms with van der Waals surface area (Å²) in [5.41, 5.74) is 2.17. The highest BCUT2D eigenvalue weighted by Gasteiger charge is 2.27. The Morgan fingerprint density at radius 1 is 1.00 bits per heavy atom. The van der Waals surface area contributed by atoms with Gasteiger partial charge in [0.2, 0.25) is 5.91 Å². The van der Waals surface area contributed by atoms with Crippen LogP contribution < -0.4 is 4.90 Å². The van der Waals surface area contributed by atoms with Crippen LogP contribution in [0.1, 0.15) is 24.8 Å². The molecule has 126 valence electrons. The summed E-state index contributed by atoms with van der Waals surface area (Å²) < 4.78 is 0. The van der Waals surface area contributed by atoms with E-state index < -0.39 is 0 Å². The summed E-state index contributed by atoms with van der Waals surface area (Å²) in [6.45, 7) is 5.21. The quantitative estimate of drug-likeness (QED) is 0.832. The van der Waals surface area contributed by atoms with Gasteiger partial charge in [-0.3, -0.25) is 4.79 Å². The number of halogens is 1. The molecule has 3 nitrogen and oxygen atoms in total. The van der Waals surface area contributed by atoms with Gasteiger partial charge in [-0.1, -0.05) is 61.0 Å². The van der Waals surface area contributed by atoms with Crippen LogP contribution in [-0.4, -0.2) is 37.0 Å². The van der Waals surface area contributed by atoms with Crippen LogP contribution in [0, 0.1) is 0 Å². The normalized spacial score (nSPS) is 16.1. The molecule has 0 spiro atoms. The van der Waals surface area contributed by atoms with E-state index in [-0.39, 0.29) is 11.8 Å². The van der Waals surface area contributed by atoms with E-state index in [1.165, 1.54) is 0 Å². The lowest BCUT2D eigenvalue weighted by molar-refractivity contribution is -0.133. The summed E-state index contributed by atoms with van der Waals surface area (Å²) in [6, 6.07) is 18.0. The largest absolute Gasteiger partial charge is 0.367 e. The molecule has 0 aliphatic carbocycles. The van der Waals surface area contributed by atoms with Crippen LogP contribution in [0.15, 0.2) is 54.6 Å². The highest BCUT2D eigenvalue weighted by molar-refractivity contribution is 6.33. The molecule has 1 aliphatic rings. The zero-order valence-corrected chi connectivity index (χ0v) is 14.7. The molecule has 0 radical (unpaired) electrons. The second-order valence-corrected chi connectivity index (χ2v) is 6.54. The van der Waals surface area contributed by atoms with Crippen LogP contribution in [-0.2, 0) is 4.79 Å². The standard InChI is InChI=1S/C20H23ClN2O/c1-2-17(16-8-4-3-5-9-16)20(24)23-14-12-22(13-15-23)19-11-7-6-10-18(19)21/h3-11,17H,2,12-15H2,1H3. The van der Waals surface area contributed by atoms with Crippen LogP contribution in [0.5, 0.6) is 0 Å². The van der Waals surface area contributed by atoms with Crippen molar-refractivity contribution in [1.82, 2.24) is 4.90 Å². The molecule has 0 N–H and O–H groups in total. The topological polar surface area (TPSA) is 23.6 Å². The third-order valence-electron chi connectivity index (χ3n) is 4.69. The van der Waals surface area contributed by atoms with Gasteiger partial charge in [-0.05, 0) is 24.1 Å². The first-order valence-corrected chi connectivity index (χ1v) is 8.91. The second-order valence-electron chi connectivity index (χ2n) is 6.14. The second kappa shape index (κ2) is 7.71. The van der Waals surface area contributed by atoms with E-state index in [4.69, 9.17) is 11.6 Å². The Morgan fingerprint density at radius 2 is 1.62 bits per heavy atom. The molecule has 1 aliphatic heterocycles. The SMILES string of the molecule is CCC(C(=O)N1CCN(c2ccccc2Cl)CC1)c1ccccc1. The number of benzene rings is 2. The lowest BCUT2D eigenvalue weighted by Gasteiger charge is -2.38. The number of hydrogen-bond acceptors (Lipinski definition) is 2. The fourth-order valence-electron chi connectivity index (χ4n) is 3.33. The van der Waals surface area contributed by atoms with Gasteiger partial charge >= 0.3 is 0 Å². The molecule has 1 saturated heterocycles. The molecule has 2 aromatic carbocycles. The number of hydrogen-bond donors (Lipinski definition) is 0. The third kappa shape index (κ3) is 3.57. The minimum Gasteiger partial charge on any atom is -0.367 e. The first kappa shape index (κ1) is 16.8. The molecular formula is C20H23ClN2O. The van der Waals surface area contributed by atoms with E-state index in [1.54, 1.807) is 0 Å². The van der Waals surface area contributed by atoms with Crippen molar-refractivity contribution in [2.24, 2.45) is 0 Å². The number of para-hydroxylation sites is 1. The van der Waals surface area contributed by atoms with E-state index in [0.717, 1.165) is 48.9 Å². The zero-order valence-electron chi connectivity index (χ0n) is 14.0. The maximum Gasteiger partial charge on any atom is 0.230 e. The first-order valence-electron chi connectivity index (χ1n) is 8.54. The maximum absolute atomic E-state index is 12.9. The van der Waals surface area contributed by atoms with E-state index in [9.17, 15) is 4.79 Å². The lowest BCUT2D eigenvalue weighted by atomic mass is 9.95. The van der Waals surface area contributed by atoms with Gasteiger partial charge in [-0.25, -0.2) is 0 Å². The van der Waals surface area contributed by atoms with Crippen LogP contribution in [0.4, 0.5) is 5.69 Å². The smallest absolute Gasteiger partial charge is 0.230 e. The molecule has 24 heavy (non-hydrogen) atoms. The predicted octanol–water partition coefficient (Wildman–Crippen LogP) is 4.18. The molecule has 1 fully saturated rings. The van der Waals surface area contributed by atoms with Gasteiger partial charge in [0, 0.05) is 26.2 Å². The molecule has 0 saturated carbocycles. The molecule has 3 rings (SSSR count). The number of nitrogens with zero attached hydrogens (tertiary/aromatic N) is 2. The number of anilines is 1. The monoisotopic (exact) mass is 342 g/mol. The number of carbonyl (C=O) groups excluding carboxylic acids is 1. The van der Waals surface area contributed by atoms with Gasteiger partial charge in [0.15, 0.2) is 0 Å². The van der Waals surface area contributed by atoms with Crippen LogP contribution in [0.2, 0.25) is 5.02 Å². The van der Waals surface area contributed by atoms with Gasteiger partial charge in [0.1, 0.15) is 0 Å². The van der Waals surface area contributed by atoms with Crippen molar-refractivity contribution in [1.29, 1.82) is 0 Å². The Labute approximate surface area is 148 Å². The molecule has 1 atom stereocenters. The Bertz CT molecular complexity index is 681. The minimum atomic E-state index is -0.0435. The first-order chi connectivity index (χ1) is 11.7. The number of amides is 1. The fourth-order valence-corrected chi connectivity index (χ4v) is 3.59. The van der Waals surface area contributed by atoms with E-state index in [1.807, 2.05) is 59.5 Å². The molecule has 1 unspecified atom stereocenters. The molecular weight excluding hydrogens is 320 g/mol. The lowest BCUT2D eigenvalue weighted by Crippen LogP contribution is -2.50. The van der Waals surface area contributed by atoms with Gasteiger partial charge in [0.05, 0.1) is 16.6 Å². The summed E-state index contributed by atoms with van der Waals surface area (Å²) in [5, 5.41) is 0.771. The van der Waals surface area contributed by atoms with E-state index in [2.05, 4.69) is 11.8 Å². The minimum absolute atomic E-state index is 0.0435. The van der Waals surface area contributed by atoms with Crippen LogP contribution in [0.25, 0.3) is 0 Å². The highest BCUT2D eigenvalue weighted by atomic mass is 35.5. The Hall–Kier alpha value is -2.00. The molecule has 1 heterocycles. The summed E-state index contributed by atoms with van der Waals surface area (Å²) in [6.07, 6.45) is 0.827. The number of carbonyl (C=O) groups is 1. The van der Waals surface area contributed by atoms with Crippen molar-refractivity contribution < 1.29 is 4.79 Å². The van der Waals surface area contributed by atoms with E-state index >= 15 is 0 Å². The average molecular weight is 343 g/mol. The summed E-state index contributed by atoms with van der Waals surface area (Å²) in [7, 11) is 0. The molecule has 2 aromatic rings. The van der Waals surface area contributed by atoms with Gasteiger partial charge in [0.25, 0.3) is 0 Å². The van der Waals surface area contributed by atoms with Crippen LogP contribution in [0.3, 0.4) is 0 Å². The summed E-state index contributed by atoms with van der Waals surface area (Å²) in [5.74, 6) is 0.195. The third-order valence-corrected chi connectivity index (χ3v) is 5.01. The fraction of sp³-hybridized carbons (Fsp3) is 0.350. The van der Waals surface area contributed by atoms with Crippen molar-refractivity contribution >= 4 is 23.2 Å². The molecule has 1 amide bonds. The number of piperazine rings is 1. The Kier molecular flexibility index (Phi) is 5.41. The van der Waals surface area contributed by atoms with Crippen molar-refractivity contribution in [3.05, 3.63) is 65.2 Å². The molecule has 4 heteroatoms. The average Bonchev–Trinajstić information content (AvgIpc) is 2.64. The van der Waals surface area contributed by atoms with Gasteiger partial charge in [-0.15, -0.1) is 0 Å². The summed E-state index contributed by atoms with van der Waals surface area (Å²) in [4.78, 5) is 17.2. The van der Waals surface area contributed by atoms with Gasteiger partial charge < -0.3 is 9.80 Å². The van der Waals surface area contributed by atoms with Gasteiger partial charge in [-0.2, -0.15) is 0 Å². The highest BCUT2D eigenvalue weighted by Crippen LogP contribution is 2.27. The van der Waals surface area contributed by atoms with Crippen molar-refractivity contribution in [2.45, 2.75) is 19.3 Å². The van der Waals surface area contributed by atoms with Crippen molar-refractivity contribution in [3.8, 4) is 0 Å². The summed E-state index contributed by atoms with van der Waals surface area (Å²) >= 11 is 6.29. The van der Waals surface area contributed by atoms with Crippen molar-refractivity contribution in [3.63, 3.8) is 0 Å². The Morgan fingerprint density at radius 3 is 2.25 bits per heavy atom.